The number of β-lactam (4-membered cyclic amide) rings is 1. The summed E-state index contributed by atoms with van der Waals surface area (Å²) in [7, 11) is 1.28. The lowest BCUT2D eigenvalue weighted by Crippen LogP contribution is -2.81. The van der Waals surface area contributed by atoms with E-state index >= 15 is 0 Å². The number of carbonyl (C=O) groups is 4. The summed E-state index contributed by atoms with van der Waals surface area (Å²) in [6, 6.07) is 9.06. The summed E-state index contributed by atoms with van der Waals surface area (Å²) >= 11 is 1.22. The van der Waals surface area contributed by atoms with Crippen LogP contribution in [0.25, 0.3) is 0 Å². The van der Waals surface area contributed by atoms with E-state index < -0.39 is 34.9 Å². The molecule has 30 heavy (non-hydrogen) atoms. The third kappa shape index (κ3) is 3.98. The number of nitrogens with one attached hydrogen (secondary N) is 2. The van der Waals surface area contributed by atoms with Gasteiger partial charge in [0.1, 0.15) is 17.7 Å². The predicted octanol–water partition coefficient (Wildman–Crippen LogP) is 0.374. The van der Waals surface area contributed by atoms with Crippen molar-refractivity contribution in [3.8, 4) is 0 Å². The van der Waals surface area contributed by atoms with Gasteiger partial charge >= 0.3 is 11.9 Å². The molecular formula is C19H21N3O7S. The Morgan fingerprint density at radius 1 is 1.30 bits per heavy atom. The Hall–Kier alpha value is -3.05. The molecule has 0 radical (unpaired) electrons. The normalized spacial score (nSPS) is 22.7. The highest BCUT2D eigenvalue weighted by molar-refractivity contribution is 8.00. The minimum Gasteiger partial charge on any atom is -0.477 e. The molecule has 2 heterocycles. The van der Waals surface area contributed by atoms with Gasteiger partial charge < -0.3 is 25.2 Å². The van der Waals surface area contributed by atoms with Crippen LogP contribution in [0.4, 0.5) is 5.69 Å². The maximum absolute atomic E-state index is 12.9. The van der Waals surface area contributed by atoms with E-state index in [9.17, 15) is 24.3 Å². The first-order valence-corrected chi connectivity index (χ1v) is 10.0. The summed E-state index contributed by atoms with van der Waals surface area (Å²) in [5.41, 5.74) is -0.893. The van der Waals surface area contributed by atoms with E-state index in [2.05, 4.69) is 10.6 Å². The number of nitrogens with zero attached hydrogens (tertiary/aromatic N) is 1. The van der Waals surface area contributed by atoms with E-state index in [-0.39, 0.29) is 24.6 Å². The number of rotatable bonds is 8. The molecule has 2 amide bonds. The average molecular weight is 435 g/mol. The first-order chi connectivity index (χ1) is 14.3. The Morgan fingerprint density at radius 2 is 2.00 bits per heavy atom. The lowest BCUT2D eigenvalue weighted by molar-refractivity contribution is -0.192. The second-order valence-corrected chi connectivity index (χ2v) is 7.65. The second-order valence-electron chi connectivity index (χ2n) is 6.58. The van der Waals surface area contributed by atoms with Gasteiger partial charge in [0.05, 0.1) is 6.54 Å². The molecule has 0 unspecified atom stereocenters. The fourth-order valence-electron chi connectivity index (χ4n) is 3.23. The van der Waals surface area contributed by atoms with Crippen molar-refractivity contribution in [2.24, 2.45) is 0 Å². The number of anilines is 1. The molecule has 0 bridgehead atoms. The highest BCUT2D eigenvalue weighted by Crippen LogP contribution is 2.46. The molecule has 1 aromatic rings. The number of amides is 2. The average Bonchev–Trinajstić information content (AvgIpc) is 2.74. The highest BCUT2D eigenvalue weighted by atomic mass is 32.2. The van der Waals surface area contributed by atoms with Gasteiger partial charge in [-0.25, -0.2) is 4.79 Å². The molecule has 2 aliphatic rings. The van der Waals surface area contributed by atoms with Crippen LogP contribution in [0.1, 0.15) is 6.92 Å². The minimum absolute atomic E-state index is 0.0981. The minimum atomic E-state index is -1.67. The van der Waals surface area contributed by atoms with Gasteiger partial charge in [0.15, 0.2) is 0 Å². The van der Waals surface area contributed by atoms with Crippen molar-refractivity contribution in [1.29, 1.82) is 0 Å². The number of esters is 1. The highest BCUT2D eigenvalue weighted by Gasteiger charge is 2.66. The van der Waals surface area contributed by atoms with Gasteiger partial charge in [0.2, 0.25) is 5.91 Å². The summed E-state index contributed by atoms with van der Waals surface area (Å²) in [5.74, 6) is -2.86. The topological polar surface area (TPSA) is 134 Å². The van der Waals surface area contributed by atoms with Crippen molar-refractivity contribution in [3.63, 3.8) is 0 Å². The number of ether oxygens (including phenoxy) is 2. The predicted molar refractivity (Wildman–Crippen MR) is 107 cm³/mol. The van der Waals surface area contributed by atoms with Crippen LogP contribution in [0.2, 0.25) is 0 Å². The Labute approximate surface area is 176 Å². The third-order valence-corrected chi connectivity index (χ3v) is 6.01. The van der Waals surface area contributed by atoms with Crippen molar-refractivity contribution < 1.29 is 33.8 Å². The zero-order chi connectivity index (χ0) is 21.9. The molecule has 0 aromatic heterocycles. The quantitative estimate of drug-likeness (QED) is 0.301. The van der Waals surface area contributed by atoms with Gasteiger partial charge in [-0.2, -0.15) is 0 Å². The van der Waals surface area contributed by atoms with Crippen molar-refractivity contribution in [2.45, 2.75) is 18.0 Å². The van der Waals surface area contributed by atoms with Crippen LogP contribution in [-0.4, -0.2) is 70.9 Å². The Kier molecular flexibility index (Phi) is 6.32. The van der Waals surface area contributed by atoms with Crippen molar-refractivity contribution in [2.75, 3.05) is 31.3 Å². The molecule has 0 saturated carbocycles. The van der Waals surface area contributed by atoms with Crippen LogP contribution < -0.4 is 10.6 Å². The van der Waals surface area contributed by atoms with E-state index in [1.165, 1.54) is 25.8 Å². The number of hydrogen-bond donors (Lipinski definition) is 3. The zero-order valence-electron chi connectivity index (χ0n) is 16.3. The molecule has 1 aromatic carbocycles. The maximum atomic E-state index is 12.9. The van der Waals surface area contributed by atoms with Crippen LogP contribution in [0.3, 0.4) is 0 Å². The summed E-state index contributed by atoms with van der Waals surface area (Å²) in [6.07, 6.45) is 0. The lowest BCUT2D eigenvalue weighted by atomic mass is 9.98. The number of carboxylic acids is 1. The summed E-state index contributed by atoms with van der Waals surface area (Å²) < 4.78 is 10.3. The van der Waals surface area contributed by atoms with Gasteiger partial charge in [0.25, 0.3) is 11.6 Å². The van der Waals surface area contributed by atoms with Crippen LogP contribution >= 0.6 is 11.8 Å². The van der Waals surface area contributed by atoms with Crippen LogP contribution in [-0.2, 0) is 28.7 Å². The summed E-state index contributed by atoms with van der Waals surface area (Å²) in [6.45, 7) is 0.885. The molecule has 2 aliphatic heterocycles. The molecule has 3 rings (SSSR count). The van der Waals surface area contributed by atoms with Gasteiger partial charge in [0, 0.05) is 31.0 Å². The fraction of sp³-hybridized carbons (Fsp3) is 0.368. The maximum Gasteiger partial charge on any atom is 0.352 e. The van der Waals surface area contributed by atoms with Gasteiger partial charge in [-0.3, -0.25) is 19.3 Å². The number of carbonyl (C=O) groups excluding carboxylic acids is 3. The van der Waals surface area contributed by atoms with Crippen molar-refractivity contribution in [3.05, 3.63) is 41.6 Å². The number of para-hydroxylation sites is 1. The van der Waals surface area contributed by atoms with E-state index in [0.717, 1.165) is 10.6 Å². The smallest absolute Gasteiger partial charge is 0.352 e. The monoisotopic (exact) mass is 435 g/mol. The number of methoxy groups -OCH3 is 1. The van der Waals surface area contributed by atoms with Gasteiger partial charge in [-0.15, -0.1) is 11.8 Å². The fourth-order valence-corrected chi connectivity index (χ4v) is 4.65. The van der Waals surface area contributed by atoms with Gasteiger partial charge in [-0.05, 0) is 12.1 Å². The Balaban J connectivity index is 1.74. The molecule has 160 valence electrons. The SMILES string of the molecule is CO[C@@]1(NC(=O)CNc2ccccc2)C(=O)N2C(C(=O)O)=C(COC(C)=O)CS[C@H]21. The first-order valence-electron chi connectivity index (χ1n) is 8.99. The largest absolute Gasteiger partial charge is 0.477 e. The standard InChI is InChI=1S/C19H21N3O7S/c1-11(23)29-9-12-10-30-18-19(28-2,17(27)22(18)15(12)16(25)26)21-14(24)8-20-13-6-4-3-5-7-13/h3-7,18,20H,8-10H2,1-2H3,(H,21,24)(H,25,26)/t18-,19-/m0/s1. The summed E-state index contributed by atoms with van der Waals surface area (Å²) in [4.78, 5) is 49.3. The molecule has 1 fully saturated rings. The third-order valence-electron chi connectivity index (χ3n) is 4.64. The number of hydrogen-bond acceptors (Lipinski definition) is 8. The first kappa shape index (κ1) is 21.7. The number of fused-ring (bicyclic) bond motifs is 1. The molecule has 11 heteroatoms. The molecular weight excluding hydrogens is 414 g/mol. The molecule has 10 nitrogen and oxygen atoms in total. The molecule has 2 atom stereocenters. The van der Waals surface area contributed by atoms with Crippen LogP contribution in [0, 0.1) is 0 Å². The Bertz CT molecular complexity index is 905. The number of aliphatic carboxylic acids is 1. The molecule has 0 aliphatic carbocycles. The Morgan fingerprint density at radius 3 is 2.60 bits per heavy atom. The van der Waals surface area contributed by atoms with Crippen LogP contribution in [0.5, 0.6) is 0 Å². The number of benzene rings is 1. The van der Waals surface area contributed by atoms with E-state index in [4.69, 9.17) is 9.47 Å². The number of carboxylic acid groups (broad SMARTS) is 1. The van der Waals surface area contributed by atoms with Crippen molar-refractivity contribution in [1.82, 2.24) is 10.2 Å². The van der Waals surface area contributed by atoms with E-state index in [0.29, 0.717) is 5.57 Å². The van der Waals surface area contributed by atoms with E-state index in [1.807, 2.05) is 18.2 Å². The van der Waals surface area contributed by atoms with Gasteiger partial charge in [-0.1, -0.05) is 18.2 Å². The molecule has 1 saturated heterocycles. The summed E-state index contributed by atoms with van der Waals surface area (Å²) in [5, 5.41) is 14.4. The second kappa shape index (κ2) is 8.76. The van der Waals surface area contributed by atoms with Crippen molar-refractivity contribution >= 4 is 41.2 Å². The lowest BCUT2D eigenvalue weighted by Gasteiger charge is -2.55. The van der Waals surface area contributed by atoms with E-state index in [1.54, 1.807) is 12.1 Å². The molecule has 3 N–H and O–H groups in total. The number of thioether (sulfide) groups is 1. The van der Waals surface area contributed by atoms with Crippen LogP contribution in [0.15, 0.2) is 41.6 Å². The zero-order valence-corrected chi connectivity index (χ0v) is 17.2. The molecule has 0 spiro atoms.